The van der Waals surface area contributed by atoms with Crippen LogP contribution in [0.1, 0.15) is 35.7 Å². The van der Waals surface area contributed by atoms with E-state index in [4.69, 9.17) is 0 Å². The first-order valence-electron chi connectivity index (χ1n) is 5.24. The van der Waals surface area contributed by atoms with Gasteiger partial charge in [-0.25, -0.2) is 4.79 Å². The molecule has 0 aromatic heterocycles. The molecule has 2 N–H and O–H groups in total. The fourth-order valence-electron chi connectivity index (χ4n) is 1.53. The van der Waals surface area contributed by atoms with Crippen LogP contribution in [0.25, 0.3) is 0 Å². The predicted octanol–water partition coefficient (Wildman–Crippen LogP) is 2.23. The van der Waals surface area contributed by atoms with Crippen molar-refractivity contribution in [3.05, 3.63) is 23.3 Å². The summed E-state index contributed by atoms with van der Waals surface area (Å²) in [5, 5.41) is 19.1. The maximum Gasteiger partial charge on any atom is 0.338 e. The smallest absolute Gasteiger partial charge is 0.338 e. The van der Waals surface area contributed by atoms with Gasteiger partial charge < -0.3 is 14.9 Å². The maximum absolute atomic E-state index is 11.4. The second-order valence-corrected chi connectivity index (χ2v) is 3.55. The highest BCUT2D eigenvalue weighted by molar-refractivity contribution is 5.92. The zero-order chi connectivity index (χ0) is 12.1. The summed E-state index contributed by atoms with van der Waals surface area (Å²) in [5.74, 6) is -0.934. The quantitative estimate of drug-likeness (QED) is 0.608. The highest BCUT2D eigenvalue weighted by atomic mass is 16.5. The summed E-state index contributed by atoms with van der Waals surface area (Å²) in [6.45, 7) is 2.01. The number of rotatable bonds is 4. The number of ether oxygens (including phenoxy) is 1. The minimum absolute atomic E-state index is 0.209. The van der Waals surface area contributed by atoms with Gasteiger partial charge in [0.15, 0.2) is 11.5 Å². The van der Waals surface area contributed by atoms with Crippen LogP contribution in [0.5, 0.6) is 11.5 Å². The van der Waals surface area contributed by atoms with E-state index in [1.54, 1.807) is 0 Å². The first-order valence-corrected chi connectivity index (χ1v) is 5.24. The van der Waals surface area contributed by atoms with Gasteiger partial charge in [0, 0.05) is 5.56 Å². The Morgan fingerprint density at radius 1 is 1.38 bits per heavy atom. The van der Waals surface area contributed by atoms with Gasteiger partial charge in [-0.15, -0.1) is 0 Å². The van der Waals surface area contributed by atoms with E-state index in [-0.39, 0.29) is 11.5 Å². The lowest BCUT2D eigenvalue weighted by atomic mass is 10.0. The lowest BCUT2D eigenvalue weighted by molar-refractivity contribution is 0.0599. The normalized spacial score (nSPS) is 10.1. The average molecular weight is 224 g/mol. The van der Waals surface area contributed by atoms with E-state index in [0.29, 0.717) is 17.5 Å². The molecule has 16 heavy (non-hydrogen) atoms. The van der Waals surface area contributed by atoms with Crippen LogP contribution in [0, 0.1) is 0 Å². The van der Waals surface area contributed by atoms with Gasteiger partial charge >= 0.3 is 5.97 Å². The molecule has 0 unspecified atom stereocenters. The molecule has 0 spiro atoms. The standard InChI is InChI=1S/C12H16O4/c1-3-4-5-8-9(12(15)16-2)6-7-10(13)11(8)14/h6-7,13-14H,3-5H2,1-2H3. The largest absolute Gasteiger partial charge is 0.504 e. The molecule has 1 aromatic rings. The molecule has 0 fully saturated rings. The third kappa shape index (κ3) is 2.45. The van der Waals surface area contributed by atoms with Crippen molar-refractivity contribution >= 4 is 5.97 Å². The van der Waals surface area contributed by atoms with Crippen molar-refractivity contribution in [2.75, 3.05) is 7.11 Å². The van der Waals surface area contributed by atoms with E-state index < -0.39 is 5.97 Å². The minimum Gasteiger partial charge on any atom is -0.504 e. The Bertz CT molecular complexity index is 385. The molecule has 0 bridgehead atoms. The summed E-state index contributed by atoms with van der Waals surface area (Å²) < 4.78 is 4.62. The number of aromatic hydroxyl groups is 2. The Labute approximate surface area is 94.5 Å². The number of hydrogen-bond donors (Lipinski definition) is 2. The fraction of sp³-hybridized carbons (Fsp3) is 0.417. The van der Waals surface area contributed by atoms with Crippen LogP contribution in [0.4, 0.5) is 0 Å². The summed E-state index contributed by atoms with van der Waals surface area (Å²) >= 11 is 0. The second kappa shape index (κ2) is 5.39. The summed E-state index contributed by atoms with van der Waals surface area (Å²) in [5.41, 5.74) is 0.764. The molecule has 1 aromatic carbocycles. The number of carbonyl (C=O) groups excluding carboxylic acids is 1. The number of unbranched alkanes of at least 4 members (excludes halogenated alkanes) is 1. The Kier molecular flexibility index (Phi) is 4.17. The van der Waals surface area contributed by atoms with Gasteiger partial charge in [0.05, 0.1) is 12.7 Å². The van der Waals surface area contributed by atoms with Crippen LogP contribution in [-0.2, 0) is 11.2 Å². The van der Waals surface area contributed by atoms with E-state index in [1.807, 2.05) is 6.92 Å². The number of phenols is 2. The highest BCUT2D eigenvalue weighted by Crippen LogP contribution is 2.32. The molecule has 0 amide bonds. The van der Waals surface area contributed by atoms with E-state index in [9.17, 15) is 15.0 Å². The third-order valence-corrected chi connectivity index (χ3v) is 2.45. The molecule has 1 rings (SSSR count). The highest BCUT2D eigenvalue weighted by Gasteiger charge is 2.17. The van der Waals surface area contributed by atoms with Crippen molar-refractivity contribution in [1.29, 1.82) is 0 Å². The van der Waals surface area contributed by atoms with Crippen molar-refractivity contribution in [1.82, 2.24) is 0 Å². The molecule has 88 valence electrons. The molecule has 0 saturated carbocycles. The zero-order valence-corrected chi connectivity index (χ0v) is 9.49. The SMILES string of the molecule is CCCCc1c(C(=O)OC)ccc(O)c1O. The number of phenolic OH excluding ortho intramolecular Hbond substituents is 2. The van der Waals surface area contributed by atoms with Crippen molar-refractivity contribution in [3.63, 3.8) is 0 Å². The van der Waals surface area contributed by atoms with Gasteiger partial charge in [-0.1, -0.05) is 13.3 Å². The first kappa shape index (κ1) is 12.4. The fourth-order valence-corrected chi connectivity index (χ4v) is 1.53. The Hall–Kier alpha value is -1.71. The molecular weight excluding hydrogens is 208 g/mol. The molecule has 4 nitrogen and oxygen atoms in total. The van der Waals surface area contributed by atoms with Gasteiger partial charge in [0.25, 0.3) is 0 Å². The average Bonchev–Trinajstić information content (AvgIpc) is 2.30. The summed E-state index contributed by atoms with van der Waals surface area (Å²) in [7, 11) is 1.29. The van der Waals surface area contributed by atoms with Gasteiger partial charge in [-0.05, 0) is 25.0 Å². The van der Waals surface area contributed by atoms with Crippen molar-refractivity contribution in [3.8, 4) is 11.5 Å². The molecule has 0 saturated heterocycles. The molecule has 0 aliphatic rings. The summed E-state index contributed by atoms with van der Waals surface area (Å²) in [6.07, 6.45) is 2.32. The van der Waals surface area contributed by atoms with Gasteiger partial charge in [0.1, 0.15) is 0 Å². The molecule has 0 radical (unpaired) electrons. The lowest BCUT2D eigenvalue weighted by Crippen LogP contribution is -2.06. The molecule has 0 aliphatic carbocycles. The number of methoxy groups -OCH3 is 1. The molecule has 0 atom stereocenters. The minimum atomic E-state index is -0.499. The second-order valence-electron chi connectivity index (χ2n) is 3.55. The predicted molar refractivity (Wildman–Crippen MR) is 59.7 cm³/mol. The summed E-state index contributed by atoms with van der Waals surface area (Å²) in [4.78, 5) is 11.4. The van der Waals surface area contributed by atoms with Gasteiger partial charge in [0.2, 0.25) is 0 Å². The van der Waals surface area contributed by atoms with Crippen LogP contribution in [0.2, 0.25) is 0 Å². The Balaban J connectivity index is 3.16. The lowest BCUT2D eigenvalue weighted by Gasteiger charge is -2.10. The molecule has 4 heteroatoms. The van der Waals surface area contributed by atoms with Crippen LogP contribution in [-0.4, -0.2) is 23.3 Å². The molecular formula is C12H16O4. The van der Waals surface area contributed by atoms with E-state index in [1.165, 1.54) is 19.2 Å². The van der Waals surface area contributed by atoms with Crippen molar-refractivity contribution < 1.29 is 19.7 Å². The van der Waals surface area contributed by atoms with E-state index in [2.05, 4.69) is 4.74 Å². The number of hydrogen-bond acceptors (Lipinski definition) is 4. The molecule has 0 aliphatic heterocycles. The number of carbonyl (C=O) groups is 1. The van der Waals surface area contributed by atoms with Crippen LogP contribution < -0.4 is 0 Å². The van der Waals surface area contributed by atoms with Crippen LogP contribution >= 0.6 is 0 Å². The van der Waals surface area contributed by atoms with E-state index in [0.717, 1.165) is 12.8 Å². The van der Waals surface area contributed by atoms with Crippen LogP contribution in [0.15, 0.2) is 12.1 Å². The van der Waals surface area contributed by atoms with Crippen molar-refractivity contribution in [2.24, 2.45) is 0 Å². The third-order valence-electron chi connectivity index (χ3n) is 2.45. The monoisotopic (exact) mass is 224 g/mol. The Morgan fingerprint density at radius 2 is 2.06 bits per heavy atom. The molecule has 0 heterocycles. The maximum atomic E-state index is 11.4. The number of benzene rings is 1. The summed E-state index contributed by atoms with van der Waals surface area (Å²) in [6, 6.07) is 2.75. The number of esters is 1. The topological polar surface area (TPSA) is 66.8 Å². The van der Waals surface area contributed by atoms with Crippen LogP contribution in [0.3, 0.4) is 0 Å². The van der Waals surface area contributed by atoms with Crippen molar-refractivity contribution in [2.45, 2.75) is 26.2 Å². The Morgan fingerprint density at radius 3 is 2.62 bits per heavy atom. The zero-order valence-electron chi connectivity index (χ0n) is 9.49. The van der Waals surface area contributed by atoms with Gasteiger partial charge in [-0.3, -0.25) is 0 Å². The van der Waals surface area contributed by atoms with Gasteiger partial charge in [-0.2, -0.15) is 0 Å². The first-order chi connectivity index (χ1) is 7.61. The van der Waals surface area contributed by atoms with E-state index >= 15 is 0 Å².